The smallest absolute Gasteiger partial charge is 0.310 e. The Kier molecular flexibility index (Phi) is 5.11. The van der Waals surface area contributed by atoms with Gasteiger partial charge in [-0.15, -0.1) is 0 Å². The molecule has 7 nitrogen and oxygen atoms in total. The second-order valence-corrected chi connectivity index (χ2v) is 8.17. The van der Waals surface area contributed by atoms with Gasteiger partial charge in [0.05, 0.1) is 11.0 Å². The lowest BCUT2D eigenvalue weighted by Gasteiger charge is -2.21. The van der Waals surface area contributed by atoms with E-state index in [1.807, 2.05) is 0 Å². The first-order chi connectivity index (χ1) is 12.7. The van der Waals surface area contributed by atoms with Crippen molar-refractivity contribution in [2.45, 2.75) is 23.5 Å². The van der Waals surface area contributed by atoms with Crippen LogP contribution in [0.1, 0.15) is 18.1 Å². The van der Waals surface area contributed by atoms with Crippen LogP contribution in [0.2, 0.25) is 0 Å². The van der Waals surface area contributed by atoms with Gasteiger partial charge in [-0.1, -0.05) is 12.1 Å². The number of para-hydroxylation sites is 1. The van der Waals surface area contributed by atoms with E-state index >= 15 is 0 Å². The van der Waals surface area contributed by atoms with E-state index in [-0.39, 0.29) is 5.69 Å². The Balaban J connectivity index is 1.97. The van der Waals surface area contributed by atoms with Crippen LogP contribution in [0.3, 0.4) is 0 Å². The first-order valence-electron chi connectivity index (χ1n) is 7.99. The summed E-state index contributed by atoms with van der Waals surface area (Å²) in [6, 6.07) is 6.85. The Morgan fingerprint density at radius 3 is 2.59 bits per heavy atom. The molecule has 144 valence electrons. The Morgan fingerprint density at radius 2 is 1.96 bits per heavy atom. The van der Waals surface area contributed by atoms with Crippen LogP contribution < -0.4 is 5.32 Å². The lowest BCUT2D eigenvalue weighted by Crippen LogP contribution is -2.24. The molecule has 0 spiro atoms. The molecule has 3 rings (SSSR count). The molecule has 1 aliphatic heterocycles. The third-order valence-corrected chi connectivity index (χ3v) is 5.41. The van der Waals surface area contributed by atoms with E-state index in [1.54, 1.807) is 0 Å². The van der Waals surface area contributed by atoms with Gasteiger partial charge in [0.25, 0.3) is 0 Å². The molecule has 2 aromatic rings. The fraction of sp³-hybridized carbons (Fsp3) is 0.294. The van der Waals surface area contributed by atoms with Gasteiger partial charge in [-0.05, 0) is 36.2 Å². The second kappa shape index (κ2) is 7.20. The van der Waals surface area contributed by atoms with E-state index in [0.29, 0.717) is 18.6 Å². The largest absolute Gasteiger partial charge is 0.374 e. The molecule has 0 aliphatic carbocycles. The van der Waals surface area contributed by atoms with E-state index in [9.17, 15) is 27.3 Å². The summed E-state index contributed by atoms with van der Waals surface area (Å²) in [5.41, 5.74) is -0.159. The van der Waals surface area contributed by atoms with Crippen molar-refractivity contribution in [3.05, 3.63) is 63.7 Å². The fourth-order valence-electron chi connectivity index (χ4n) is 3.08. The van der Waals surface area contributed by atoms with Gasteiger partial charge in [0.1, 0.15) is 16.7 Å². The number of nitro groups is 1. The fourth-order valence-corrected chi connectivity index (χ4v) is 3.94. The average Bonchev–Trinajstić information content (AvgIpc) is 3.04. The average molecular weight is 398 g/mol. The molecule has 2 unspecified atom stereocenters. The van der Waals surface area contributed by atoms with Gasteiger partial charge in [-0.2, -0.15) is 0 Å². The number of nitrogens with one attached hydrogen (secondary N) is 1. The summed E-state index contributed by atoms with van der Waals surface area (Å²) in [7, 11) is -3.81. The van der Waals surface area contributed by atoms with Crippen molar-refractivity contribution in [2.75, 3.05) is 18.2 Å². The monoisotopic (exact) mass is 398 g/mol. The first-order valence-corrected chi connectivity index (χ1v) is 9.88. The predicted molar refractivity (Wildman–Crippen MR) is 93.3 cm³/mol. The highest BCUT2D eigenvalue weighted by Crippen LogP contribution is 2.37. The summed E-state index contributed by atoms with van der Waals surface area (Å²) in [6.45, 7) is 0.306. The summed E-state index contributed by atoms with van der Waals surface area (Å²) >= 11 is 0. The quantitative estimate of drug-likeness (QED) is 0.613. The maximum atomic E-state index is 13.5. The Bertz CT molecular complexity index is 997. The number of hydrogen-bond acceptors (Lipinski definition) is 6. The van der Waals surface area contributed by atoms with Crippen LogP contribution >= 0.6 is 0 Å². The molecule has 1 heterocycles. The number of benzene rings is 2. The molecule has 1 aliphatic rings. The standard InChI is InChI=1S/C17H16F2N2O5S/c1-27(24,25)15-4-2-3-13(16(15)21(22)23)20-14-7-8-26-17(14)10-5-6-11(18)12(19)9-10/h2-6,9,14,17,20H,7-8H2,1H3. The van der Waals surface area contributed by atoms with Crippen LogP contribution in [0, 0.1) is 21.7 Å². The molecule has 1 N–H and O–H groups in total. The zero-order valence-corrected chi connectivity index (χ0v) is 15.0. The van der Waals surface area contributed by atoms with Crippen molar-refractivity contribution in [1.82, 2.24) is 0 Å². The molecule has 0 saturated carbocycles. The van der Waals surface area contributed by atoms with Crippen molar-refractivity contribution in [2.24, 2.45) is 0 Å². The first kappa shape index (κ1) is 19.2. The molecule has 10 heteroatoms. The molecule has 2 aromatic carbocycles. The molecule has 0 radical (unpaired) electrons. The van der Waals surface area contributed by atoms with Gasteiger partial charge in [-0.25, -0.2) is 17.2 Å². The van der Waals surface area contributed by atoms with E-state index in [2.05, 4.69) is 5.32 Å². The van der Waals surface area contributed by atoms with Crippen LogP contribution in [0.5, 0.6) is 0 Å². The Hall–Kier alpha value is -2.59. The summed E-state index contributed by atoms with van der Waals surface area (Å²) in [6.07, 6.45) is 0.674. The second-order valence-electron chi connectivity index (χ2n) is 6.19. The number of nitro benzene ring substituents is 1. The van der Waals surface area contributed by atoms with E-state index in [1.165, 1.54) is 18.2 Å². The summed E-state index contributed by atoms with van der Waals surface area (Å²) in [5, 5.41) is 14.4. The minimum Gasteiger partial charge on any atom is -0.374 e. The number of hydrogen-bond donors (Lipinski definition) is 1. The highest BCUT2D eigenvalue weighted by atomic mass is 32.2. The number of rotatable bonds is 5. The summed E-state index contributed by atoms with van der Waals surface area (Å²) in [4.78, 5) is 10.3. The van der Waals surface area contributed by atoms with Crippen LogP contribution in [-0.2, 0) is 14.6 Å². The van der Waals surface area contributed by atoms with Crippen LogP contribution in [0.15, 0.2) is 41.3 Å². The molecular weight excluding hydrogens is 382 g/mol. The molecule has 1 fully saturated rings. The third-order valence-electron chi connectivity index (χ3n) is 4.29. The molecule has 0 amide bonds. The van der Waals surface area contributed by atoms with E-state index in [0.717, 1.165) is 24.5 Å². The lowest BCUT2D eigenvalue weighted by atomic mass is 10.0. The van der Waals surface area contributed by atoms with Gasteiger partial charge >= 0.3 is 5.69 Å². The minimum atomic E-state index is -3.81. The Morgan fingerprint density at radius 1 is 1.22 bits per heavy atom. The Labute approximate surface area is 154 Å². The SMILES string of the molecule is CS(=O)(=O)c1cccc(NC2CCOC2c2ccc(F)c(F)c2)c1[N+](=O)[O-]. The van der Waals surface area contributed by atoms with Crippen molar-refractivity contribution in [3.63, 3.8) is 0 Å². The third kappa shape index (κ3) is 3.91. The van der Waals surface area contributed by atoms with Crippen molar-refractivity contribution in [3.8, 4) is 0 Å². The molecule has 0 aromatic heterocycles. The summed E-state index contributed by atoms with van der Waals surface area (Å²) in [5.74, 6) is -2.01. The topological polar surface area (TPSA) is 98.5 Å². The summed E-state index contributed by atoms with van der Waals surface area (Å²) < 4.78 is 56.0. The number of nitrogens with zero attached hydrogens (tertiary/aromatic N) is 1. The maximum absolute atomic E-state index is 13.5. The number of halogens is 2. The van der Waals surface area contributed by atoms with Crippen molar-refractivity contribution < 1.29 is 26.9 Å². The van der Waals surface area contributed by atoms with Gasteiger partial charge in [0, 0.05) is 12.9 Å². The van der Waals surface area contributed by atoms with Crippen LogP contribution in [0.4, 0.5) is 20.2 Å². The van der Waals surface area contributed by atoms with Crippen LogP contribution in [0.25, 0.3) is 0 Å². The molecular formula is C17H16F2N2O5S. The normalized spacial score (nSPS) is 19.8. The predicted octanol–water partition coefficient (Wildman–Crippen LogP) is 3.22. The maximum Gasteiger partial charge on any atom is 0.310 e. The number of anilines is 1. The lowest BCUT2D eigenvalue weighted by molar-refractivity contribution is -0.386. The van der Waals surface area contributed by atoms with Gasteiger partial charge < -0.3 is 10.1 Å². The van der Waals surface area contributed by atoms with Crippen LogP contribution in [-0.4, -0.2) is 32.2 Å². The number of sulfone groups is 1. The van der Waals surface area contributed by atoms with Gasteiger partial charge in [-0.3, -0.25) is 10.1 Å². The van der Waals surface area contributed by atoms with E-state index in [4.69, 9.17) is 4.74 Å². The van der Waals surface area contributed by atoms with Crippen molar-refractivity contribution in [1.29, 1.82) is 0 Å². The van der Waals surface area contributed by atoms with Crippen molar-refractivity contribution >= 4 is 21.2 Å². The zero-order valence-electron chi connectivity index (χ0n) is 14.2. The molecule has 0 bridgehead atoms. The highest BCUT2D eigenvalue weighted by Gasteiger charge is 2.33. The van der Waals surface area contributed by atoms with Gasteiger partial charge in [0.2, 0.25) is 0 Å². The van der Waals surface area contributed by atoms with E-state index < -0.39 is 49.1 Å². The number of ether oxygens (including phenoxy) is 1. The molecule has 1 saturated heterocycles. The molecule has 27 heavy (non-hydrogen) atoms. The van der Waals surface area contributed by atoms with Gasteiger partial charge in [0.15, 0.2) is 21.5 Å². The molecule has 2 atom stereocenters. The highest BCUT2D eigenvalue weighted by molar-refractivity contribution is 7.90. The minimum absolute atomic E-state index is 0.0195. The zero-order chi connectivity index (χ0) is 19.8.